The largest absolute Gasteiger partial charge is 0.497 e. The van der Waals surface area contributed by atoms with Gasteiger partial charge in [0.2, 0.25) is 11.7 Å². The van der Waals surface area contributed by atoms with Gasteiger partial charge < -0.3 is 44.2 Å². The van der Waals surface area contributed by atoms with Crippen LogP contribution in [0, 0.1) is 6.92 Å². The summed E-state index contributed by atoms with van der Waals surface area (Å²) in [6, 6.07) is 17.3. The number of rotatable bonds is 12. The van der Waals surface area contributed by atoms with E-state index in [1.807, 2.05) is 48.5 Å². The molecule has 3 N–H and O–H groups in total. The Labute approximate surface area is 264 Å². The van der Waals surface area contributed by atoms with Gasteiger partial charge in [-0.05, 0) is 68.8 Å². The van der Waals surface area contributed by atoms with Crippen molar-refractivity contribution in [2.75, 3.05) is 66.1 Å². The number of benzene rings is 3. The first-order valence-corrected chi connectivity index (χ1v) is 15.2. The number of methoxy groups -OCH3 is 4. The molecule has 0 radical (unpaired) electrons. The zero-order valence-electron chi connectivity index (χ0n) is 26.6. The Morgan fingerprint density at radius 2 is 1.71 bits per heavy atom. The Morgan fingerprint density at radius 3 is 2.40 bits per heavy atom. The maximum Gasteiger partial charge on any atom is 0.253 e. The van der Waals surface area contributed by atoms with E-state index in [0.29, 0.717) is 34.8 Å². The van der Waals surface area contributed by atoms with Crippen LogP contribution in [0.25, 0.3) is 11.0 Å². The normalized spacial score (nSPS) is 15.3. The van der Waals surface area contributed by atoms with Crippen molar-refractivity contribution < 1.29 is 28.8 Å². The van der Waals surface area contributed by atoms with Crippen molar-refractivity contribution in [1.82, 2.24) is 20.2 Å². The molecule has 11 heteroatoms. The van der Waals surface area contributed by atoms with Gasteiger partial charge in [-0.1, -0.05) is 24.3 Å². The molecular formula is C34H43N5O6. The molecule has 240 valence electrons. The van der Waals surface area contributed by atoms with Crippen molar-refractivity contribution in [1.29, 1.82) is 0 Å². The van der Waals surface area contributed by atoms with Gasteiger partial charge in [-0.3, -0.25) is 4.79 Å². The van der Waals surface area contributed by atoms with Crippen molar-refractivity contribution >= 4 is 22.9 Å². The topological polar surface area (TPSA) is 121 Å². The van der Waals surface area contributed by atoms with E-state index >= 15 is 0 Å². The van der Waals surface area contributed by atoms with Crippen molar-refractivity contribution in [2.24, 2.45) is 0 Å². The standard InChI is InChI=1S/C34H43N5O6/c1-22-26(21-29(43-3)31(45-5)30(22)44-4)33(41)37-32(40)25(23-11-13-24(42-2)14-12-23)15-18-38-16-8-17-39(20-19-38)34-35-27-9-6-7-10-28(27)36-34/h6-7,9-14,21,25,32,40H,8,15-20H2,1-5H3,(H,35,36)(H,37,41). The van der Waals surface area contributed by atoms with Crippen LogP contribution in [0.5, 0.6) is 23.0 Å². The van der Waals surface area contributed by atoms with E-state index in [1.165, 1.54) is 21.3 Å². The first-order chi connectivity index (χ1) is 21.9. The number of para-hydroxylation sites is 2. The average molecular weight is 618 g/mol. The molecule has 0 spiro atoms. The van der Waals surface area contributed by atoms with Crippen molar-refractivity contribution in [3.05, 3.63) is 71.3 Å². The monoisotopic (exact) mass is 617 g/mol. The number of carbonyl (C=O) groups is 1. The predicted molar refractivity (Wildman–Crippen MR) is 174 cm³/mol. The third-order valence-corrected chi connectivity index (χ3v) is 8.55. The number of anilines is 1. The van der Waals surface area contributed by atoms with Crippen LogP contribution in [0.15, 0.2) is 54.6 Å². The van der Waals surface area contributed by atoms with Crippen molar-refractivity contribution in [3.8, 4) is 23.0 Å². The number of aliphatic hydroxyl groups excluding tert-OH is 1. The van der Waals surface area contributed by atoms with Crippen LogP contribution in [0.4, 0.5) is 5.95 Å². The van der Waals surface area contributed by atoms with E-state index < -0.39 is 12.1 Å². The van der Waals surface area contributed by atoms with Gasteiger partial charge in [0.1, 0.15) is 12.0 Å². The Bertz CT molecular complexity index is 1560. The number of aromatic nitrogens is 2. The molecule has 1 amide bonds. The highest BCUT2D eigenvalue weighted by molar-refractivity contribution is 5.97. The summed E-state index contributed by atoms with van der Waals surface area (Å²) in [7, 11) is 6.15. The summed E-state index contributed by atoms with van der Waals surface area (Å²) < 4.78 is 21.8. The zero-order valence-corrected chi connectivity index (χ0v) is 26.6. The lowest BCUT2D eigenvalue weighted by Crippen LogP contribution is -2.41. The number of imidazole rings is 1. The molecule has 1 aliphatic heterocycles. The molecule has 0 bridgehead atoms. The second kappa shape index (κ2) is 14.5. The van der Waals surface area contributed by atoms with E-state index in [2.05, 4.69) is 20.1 Å². The van der Waals surface area contributed by atoms with Gasteiger partial charge in [-0.2, -0.15) is 0 Å². The number of fused-ring (bicyclic) bond motifs is 1. The minimum Gasteiger partial charge on any atom is -0.497 e. The second-order valence-corrected chi connectivity index (χ2v) is 11.2. The second-order valence-electron chi connectivity index (χ2n) is 11.2. The lowest BCUT2D eigenvalue weighted by atomic mass is 9.93. The minimum atomic E-state index is -1.15. The third-order valence-electron chi connectivity index (χ3n) is 8.55. The van der Waals surface area contributed by atoms with Crippen LogP contribution in [-0.2, 0) is 0 Å². The third kappa shape index (κ3) is 7.10. The molecule has 5 rings (SSSR count). The SMILES string of the molecule is COc1ccc(C(CCN2CCCN(c3nc4ccccc4[nH]3)CC2)C(O)NC(=O)c2cc(OC)c(OC)c(OC)c2C)cc1. The van der Waals surface area contributed by atoms with Crippen LogP contribution in [0.2, 0.25) is 0 Å². The lowest BCUT2D eigenvalue weighted by molar-refractivity contribution is 0.0680. The van der Waals surface area contributed by atoms with Crippen LogP contribution >= 0.6 is 0 Å². The lowest BCUT2D eigenvalue weighted by Gasteiger charge is -2.28. The quantitative estimate of drug-likeness (QED) is 0.199. The van der Waals surface area contributed by atoms with Gasteiger partial charge in [-0.15, -0.1) is 0 Å². The number of hydrogen-bond acceptors (Lipinski definition) is 9. The fourth-order valence-corrected chi connectivity index (χ4v) is 6.02. The first-order valence-electron chi connectivity index (χ1n) is 15.2. The summed E-state index contributed by atoms with van der Waals surface area (Å²) in [6.07, 6.45) is 0.472. The maximum absolute atomic E-state index is 13.6. The summed E-state index contributed by atoms with van der Waals surface area (Å²) in [5.74, 6) is 2.00. The summed E-state index contributed by atoms with van der Waals surface area (Å²) in [6.45, 7) is 6.06. The van der Waals surface area contributed by atoms with Gasteiger partial charge in [0.15, 0.2) is 11.5 Å². The molecule has 2 unspecified atom stereocenters. The Balaban J connectivity index is 1.30. The summed E-state index contributed by atoms with van der Waals surface area (Å²) in [5.41, 5.74) is 3.82. The number of nitrogens with one attached hydrogen (secondary N) is 2. The predicted octanol–water partition coefficient (Wildman–Crippen LogP) is 4.34. The van der Waals surface area contributed by atoms with Gasteiger partial charge >= 0.3 is 0 Å². The van der Waals surface area contributed by atoms with Gasteiger partial charge in [-0.25, -0.2) is 4.98 Å². The first kappa shape index (κ1) is 31.9. The van der Waals surface area contributed by atoms with Crippen LogP contribution in [-0.4, -0.2) is 93.3 Å². The summed E-state index contributed by atoms with van der Waals surface area (Å²) >= 11 is 0. The van der Waals surface area contributed by atoms with Gasteiger partial charge in [0.25, 0.3) is 5.91 Å². The number of hydrogen-bond donors (Lipinski definition) is 3. The van der Waals surface area contributed by atoms with E-state index in [9.17, 15) is 9.90 Å². The van der Waals surface area contributed by atoms with Crippen LogP contribution in [0.3, 0.4) is 0 Å². The Hall–Kier alpha value is -4.48. The summed E-state index contributed by atoms with van der Waals surface area (Å²) in [5, 5.41) is 14.4. The van der Waals surface area contributed by atoms with Crippen LogP contribution < -0.4 is 29.2 Å². The Morgan fingerprint density at radius 1 is 0.956 bits per heavy atom. The van der Waals surface area contributed by atoms with E-state index in [0.717, 1.165) is 67.4 Å². The molecule has 3 aromatic carbocycles. The number of carbonyl (C=O) groups excluding carboxylic acids is 1. The molecule has 1 saturated heterocycles. The molecule has 2 heterocycles. The van der Waals surface area contributed by atoms with Gasteiger partial charge in [0, 0.05) is 36.7 Å². The number of H-pyrrole nitrogens is 1. The molecular weight excluding hydrogens is 574 g/mol. The smallest absolute Gasteiger partial charge is 0.253 e. The highest BCUT2D eigenvalue weighted by Crippen LogP contribution is 2.41. The highest BCUT2D eigenvalue weighted by atomic mass is 16.5. The van der Waals surface area contributed by atoms with E-state index in [4.69, 9.17) is 23.9 Å². The minimum absolute atomic E-state index is 0.329. The molecule has 45 heavy (non-hydrogen) atoms. The average Bonchev–Trinajstić information content (AvgIpc) is 3.35. The highest BCUT2D eigenvalue weighted by Gasteiger charge is 2.28. The fraction of sp³-hybridized carbons (Fsp3) is 0.412. The molecule has 1 aromatic heterocycles. The van der Waals surface area contributed by atoms with Crippen molar-refractivity contribution in [2.45, 2.75) is 31.9 Å². The van der Waals surface area contributed by atoms with Crippen LogP contribution in [0.1, 0.15) is 40.2 Å². The number of nitrogens with zero attached hydrogens (tertiary/aromatic N) is 3. The molecule has 1 fully saturated rings. The number of aromatic amines is 1. The Kier molecular flexibility index (Phi) is 10.3. The fourth-order valence-electron chi connectivity index (χ4n) is 6.02. The molecule has 11 nitrogen and oxygen atoms in total. The summed E-state index contributed by atoms with van der Waals surface area (Å²) in [4.78, 5) is 26.5. The molecule has 2 atom stereocenters. The number of aliphatic hydroxyl groups is 1. The molecule has 1 aliphatic rings. The zero-order chi connectivity index (χ0) is 31.9. The van der Waals surface area contributed by atoms with Gasteiger partial charge in [0.05, 0.1) is 39.5 Å². The molecule has 0 saturated carbocycles. The van der Waals surface area contributed by atoms with Crippen molar-refractivity contribution in [3.63, 3.8) is 0 Å². The number of ether oxygens (including phenoxy) is 4. The number of amides is 1. The maximum atomic E-state index is 13.6. The van der Waals surface area contributed by atoms with E-state index in [1.54, 1.807) is 20.1 Å². The van der Waals surface area contributed by atoms with E-state index in [-0.39, 0.29) is 5.92 Å². The molecule has 0 aliphatic carbocycles. The molecule has 4 aromatic rings.